The smallest absolute Gasteiger partial charge is 0.183 e. The molecule has 0 radical (unpaired) electrons. The first kappa shape index (κ1) is 12.3. The Morgan fingerprint density at radius 1 is 1.16 bits per heavy atom. The minimum atomic E-state index is 0.130. The second-order valence-corrected chi connectivity index (χ2v) is 3.55. The molecular weight excluding hydrogens is 242 g/mol. The minimum Gasteiger partial charge on any atom is -0.453 e. The molecule has 0 atom stereocenters. The van der Waals surface area contributed by atoms with Crippen molar-refractivity contribution in [1.29, 1.82) is 10.5 Å². The fourth-order valence-electron chi connectivity index (χ4n) is 1.47. The summed E-state index contributed by atoms with van der Waals surface area (Å²) in [5, 5.41) is 17.9. The highest BCUT2D eigenvalue weighted by Crippen LogP contribution is 2.27. The van der Waals surface area contributed by atoms with Gasteiger partial charge in [-0.3, -0.25) is 4.79 Å². The van der Waals surface area contributed by atoms with Crippen LogP contribution in [0.25, 0.3) is 0 Å². The van der Waals surface area contributed by atoms with Crippen LogP contribution in [0.15, 0.2) is 36.5 Å². The Hall–Kier alpha value is -3.18. The normalized spacial score (nSPS) is 9.16. The fourth-order valence-corrected chi connectivity index (χ4v) is 1.47. The number of aromatic nitrogens is 1. The standard InChI is InChI=1S/C14H7N3O2/c15-7-11-6-10(9-18)3-4-13(11)19-14-2-1-5-17-12(14)8-16/h1-6,9H. The molecule has 0 unspecified atom stereocenters. The summed E-state index contributed by atoms with van der Waals surface area (Å²) in [6.07, 6.45) is 2.13. The molecule has 0 aliphatic heterocycles. The van der Waals surface area contributed by atoms with Crippen molar-refractivity contribution in [2.45, 2.75) is 0 Å². The molecule has 19 heavy (non-hydrogen) atoms. The second-order valence-electron chi connectivity index (χ2n) is 3.55. The van der Waals surface area contributed by atoms with E-state index < -0.39 is 0 Å². The number of rotatable bonds is 3. The van der Waals surface area contributed by atoms with Crippen LogP contribution in [0.2, 0.25) is 0 Å². The van der Waals surface area contributed by atoms with E-state index in [2.05, 4.69) is 4.98 Å². The maximum absolute atomic E-state index is 10.6. The summed E-state index contributed by atoms with van der Waals surface area (Å²) >= 11 is 0. The van der Waals surface area contributed by atoms with E-state index in [-0.39, 0.29) is 22.8 Å². The van der Waals surface area contributed by atoms with Crippen molar-refractivity contribution in [3.05, 3.63) is 53.3 Å². The van der Waals surface area contributed by atoms with Crippen molar-refractivity contribution in [2.24, 2.45) is 0 Å². The molecule has 1 aromatic carbocycles. The average Bonchev–Trinajstić information content (AvgIpc) is 2.48. The van der Waals surface area contributed by atoms with E-state index in [4.69, 9.17) is 15.3 Å². The Morgan fingerprint density at radius 2 is 2.00 bits per heavy atom. The van der Waals surface area contributed by atoms with Crippen molar-refractivity contribution >= 4 is 6.29 Å². The quantitative estimate of drug-likeness (QED) is 0.779. The Bertz CT molecular complexity index is 711. The van der Waals surface area contributed by atoms with Gasteiger partial charge in [0.05, 0.1) is 5.56 Å². The van der Waals surface area contributed by atoms with Gasteiger partial charge in [0, 0.05) is 11.8 Å². The Balaban J connectivity index is 2.42. The summed E-state index contributed by atoms with van der Waals surface area (Å²) in [6.45, 7) is 0. The molecule has 5 heteroatoms. The molecule has 0 amide bonds. The van der Waals surface area contributed by atoms with Gasteiger partial charge in [0.15, 0.2) is 11.4 Å². The van der Waals surface area contributed by atoms with Crippen molar-refractivity contribution in [1.82, 2.24) is 4.98 Å². The van der Waals surface area contributed by atoms with Crippen LogP contribution in [0.4, 0.5) is 0 Å². The number of carbonyl (C=O) groups excluding carboxylic acids is 1. The number of pyridine rings is 1. The number of ether oxygens (including phenoxy) is 1. The van der Waals surface area contributed by atoms with E-state index in [1.54, 1.807) is 12.1 Å². The number of nitrogens with zero attached hydrogens (tertiary/aromatic N) is 3. The van der Waals surface area contributed by atoms with Gasteiger partial charge in [-0.15, -0.1) is 0 Å². The van der Waals surface area contributed by atoms with Gasteiger partial charge in [-0.25, -0.2) is 4.98 Å². The first-order valence-corrected chi connectivity index (χ1v) is 5.31. The molecule has 0 saturated heterocycles. The Labute approximate surface area is 109 Å². The second kappa shape index (κ2) is 5.44. The van der Waals surface area contributed by atoms with Crippen LogP contribution in [0, 0.1) is 22.7 Å². The summed E-state index contributed by atoms with van der Waals surface area (Å²) in [5.41, 5.74) is 0.735. The van der Waals surface area contributed by atoms with Crippen LogP contribution in [0.5, 0.6) is 11.5 Å². The predicted molar refractivity (Wildman–Crippen MR) is 65.6 cm³/mol. The zero-order valence-electron chi connectivity index (χ0n) is 9.70. The first-order chi connectivity index (χ1) is 9.28. The minimum absolute atomic E-state index is 0.130. The van der Waals surface area contributed by atoms with Gasteiger partial charge in [0.25, 0.3) is 0 Å². The topological polar surface area (TPSA) is 86.8 Å². The molecule has 0 bridgehead atoms. The van der Waals surface area contributed by atoms with Crippen molar-refractivity contribution in [3.8, 4) is 23.6 Å². The van der Waals surface area contributed by atoms with Gasteiger partial charge in [-0.05, 0) is 30.3 Å². The lowest BCUT2D eigenvalue weighted by Gasteiger charge is -2.08. The molecule has 0 N–H and O–H groups in total. The number of nitriles is 2. The third-order valence-electron chi connectivity index (χ3n) is 2.36. The predicted octanol–water partition coefficient (Wildman–Crippen LogP) is 2.43. The molecule has 0 saturated carbocycles. The van der Waals surface area contributed by atoms with Crippen molar-refractivity contribution < 1.29 is 9.53 Å². The zero-order chi connectivity index (χ0) is 13.7. The molecule has 0 spiro atoms. The lowest BCUT2D eigenvalue weighted by molar-refractivity contribution is 0.112. The van der Waals surface area contributed by atoms with E-state index in [0.717, 1.165) is 0 Å². The highest BCUT2D eigenvalue weighted by atomic mass is 16.5. The summed E-state index contributed by atoms with van der Waals surface area (Å²) in [4.78, 5) is 14.5. The van der Waals surface area contributed by atoms with E-state index in [9.17, 15) is 4.79 Å². The maximum atomic E-state index is 10.6. The summed E-state index contributed by atoms with van der Waals surface area (Å²) in [7, 11) is 0. The van der Waals surface area contributed by atoms with E-state index in [1.165, 1.54) is 24.4 Å². The molecule has 2 rings (SSSR count). The van der Waals surface area contributed by atoms with Gasteiger partial charge in [-0.1, -0.05) is 0 Å². The average molecular weight is 249 g/mol. The molecule has 0 fully saturated rings. The van der Waals surface area contributed by atoms with Gasteiger partial charge >= 0.3 is 0 Å². The van der Waals surface area contributed by atoms with Crippen LogP contribution < -0.4 is 4.74 Å². The molecule has 1 aromatic heterocycles. The van der Waals surface area contributed by atoms with Crippen LogP contribution in [-0.4, -0.2) is 11.3 Å². The third-order valence-corrected chi connectivity index (χ3v) is 2.36. The van der Waals surface area contributed by atoms with Gasteiger partial charge in [0.1, 0.15) is 24.2 Å². The maximum Gasteiger partial charge on any atom is 0.183 e. The third kappa shape index (κ3) is 2.56. The van der Waals surface area contributed by atoms with Crippen LogP contribution >= 0.6 is 0 Å². The molecule has 0 aliphatic rings. The molecular formula is C14H7N3O2. The highest BCUT2D eigenvalue weighted by Gasteiger charge is 2.09. The first-order valence-electron chi connectivity index (χ1n) is 5.31. The summed E-state index contributed by atoms with van der Waals surface area (Å²) in [6, 6.07) is 11.5. The lowest BCUT2D eigenvalue weighted by Crippen LogP contribution is -1.94. The van der Waals surface area contributed by atoms with Crippen LogP contribution in [0.1, 0.15) is 21.6 Å². The van der Waals surface area contributed by atoms with Crippen LogP contribution in [-0.2, 0) is 0 Å². The van der Waals surface area contributed by atoms with Gasteiger partial charge in [-0.2, -0.15) is 10.5 Å². The molecule has 2 aromatic rings. The monoisotopic (exact) mass is 249 g/mol. The lowest BCUT2D eigenvalue weighted by atomic mass is 10.1. The number of carbonyl (C=O) groups is 1. The molecule has 5 nitrogen and oxygen atoms in total. The number of hydrogen-bond donors (Lipinski definition) is 0. The molecule has 0 aliphatic carbocycles. The largest absolute Gasteiger partial charge is 0.453 e. The molecule has 90 valence electrons. The zero-order valence-corrected chi connectivity index (χ0v) is 9.70. The number of aldehydes is 1. The number of hydrogen-bond acceptors (Lipinski definition) is 5. The molecule has 1 heterocycles. The van der Waals surface area contributed by atoms with E-state index in [0.29, 0.717) is 11.8 Å². The summed E-state index contributed by atoms with van der Waals surface area (Å²) in [5.74, 6) is 0.540. The Morgan fingerprint density at radius 3 is 2.68 bits per heavy atom. The Kier molecular flexibility index (Phi) is 3.51. The highest BCUT2D eigenvalue weighted by molar-refractivity contribution is 5.76. The fraction of sp³-hybridized carbons (Fsp3) is 0. The van der Waals surface area contributed by atoms with Gasteiger partial charge < -0.3 is 4.74 Å². The van der Waals surface area contributed by atoms with Gasteiger partial charge in [0.2, 0.25) is 0 Å². The number of benzene rings is 1. The van der Waals surface area contributed by atoms with Crippen LogP contribution in [0.3, 0.4) is 0 Å². The van der Waals surface area contributed by atoms with E-state index in [1.807, 2.05) is 12.1 Å². The van der Waals surface area contributed by atoms with Crippen molar-refractivity contribution in [2.75, 3.05) is 0 Å². The SMILES string of the molecule is N#Cc1cc(C=O)ccc1Oc1cccnc1C#N. The summed E-state index contributed by atoms with van der Waals surface area (Å²) < 4.78 is 5.50. The van der Waals surface area contributed by atoms with E-state index >= 15 is 0 Å². The van der Waals surface area contributed by atoms with Crippen molar-refractivity contribution in [3.63, 3.8) is 0 Å².